The molecule has 0 saturated carbocycles. The number of rotatable bonds is 4. The van der Waals surface area contributed by atoms with E-state index in [9.17, 15) is 4.79 Å². The molecule has 0 atom stereocenters. The second-order valence-electron chi connectivity index (χ2n) is 2.47. The summed E-state index contributed by atoms with van der Waals surface area (Å²) in [5.41, 5.74) is -0.139. The van der Waals surface area contributed by atoms with E-state index >= 15 is 0 Å². The maximum atomic E-state index is 10.4. The Kier molecular flexibility index (Phi) is 2.86. The minimum absolute atomic E-state index is 0.0404. The molecule has 0 unspecified atom stereocenters. The molecule has 0 aliphatic carbocycles. The van der Waals surface area contributed by atoms with Crippen LogP contribution >= 0.6 is 0 Å². The van der Waals surface area contributed by atoms with Crippen molar-refractivity contribution in [1.82, 2.24) is 4.98 Å². The summed E-state index contributed by atoms with van der Waals surface area (Å²) in [6.45, 7) is 0.306. The fraction of sp³-hybridized carbons (Fsp3) is 0.429. The van der Waals surface area contributed by atoms with Gasteiger partial charge >= 0.3 is 5.97 Å². The van der Waals surface area contributed by atoms with E-state index in [0.717, 1.165) is 6.26 Å². The van der Waals surface area contributed by atoms with Crippen molar-refractivity contribution in [3.63, 3.8) is 0 Å². The summed E-state index contributed by atoms with van der Waals surface area (Å²) in [6, 6.07) is 0.187. The Morgan fingerprint density at radius 2 is 2.46 bits per heavy atom. The van der Waals surface area contributed by atoms with Crippen LogP contribution in [0.1, 0.15) is 10.5 Å². The predicted octanol–water partition coefficient (Wildman–Crippen LogP) is -0.199. The van der Waals surface area contributed by atoms with Gasteiger partial charge < -0.3 is 19.5 Å². The lowest BCUT2D eigenvalue weighted by molar-refractivity contribution is 0.0690. The van der Waals surface area contributed by atoms with Crippen LogP contribution < -0.4 is 4.90 Å². The first-order chi connectivity index (χ1) is 6.15. The van der Waals surface area contributed by atoms with E-state index in [1.54, 1.807) is 7.05 Å². The van der Waals surface area contributed by atoms with E-state index < -0.39 is 5.97 Å². The number of aliphatic hydroxyl groups excluding tert-OH is 1. The molecule has 0 spiro atoms. The molecule has 0 bridgehead atoms. The molecule has 1 aromatic heterocycles. The number of carbonyl (C=O) groups is 1. The first-order valence-corrected chi connectivity index (χ1v) is 3.66. The summed E-state index contributed by atoms with van der Waals surface area (Å²) < 4.78 is 4.86. The molecule has 1 heterocycles. The van der Waals surface area contributed by atoms with E-state index in [2.05, 4.69) is 4.98 Å². The van der Waals surface area contributed by atoms with Crippen LogP contribution in [0.15, 0.2) is 10.7 Å². The predicted molar refractivity (Wildman–Crippen MR) is 43.8 cm³/mol. The van der Waals surface area contributed by atoms with Crippen LogP contribution in [0.5, 0.6) is 0 Å². The normalized spacial score (nSPS) is 10.0. The third-order valence-corrected chi connectivity index (χ3v) is 1.47. The molecule has 0 aromatic carbocycles. The van der Waals surface area contributed by atoms with Crippen LogP contribution in [0, 0.1) is 0 Å². The zero-order valence-corrected chi connectivity index (χ0v) is 7.10. The molecular weight excluding hydrogens is 176 g/mol. The van der Waals surface area contributed by atoms with Gasteiger partial charge in [-0.1, -0.05) is 0 Å². The number of hydrogen-bond donors (Lipinski definition) is 2. The summed E-state index contributed by atoms with van der Waals surface area (Å²) in [5.74, 6) is -1.13. The standard InChI is InChI=1S/C7H10N2O4/c1-9(2-3-10)7-8-5(4-13-7)6(11)12/h4,10H,2-3H2,1H3,(H,11,12). The van der Waals surface area contributed by atoms with Gasteiger partial charge in [0.05, 0.1) is 6.61 Å². The Labute approximate surface area is 74.4 Å². The lowest BCUT2D eigenvalue weighted by Gasteiger charge is -2.11. The van der Waals surface area contributed by atoms with Crippen LogP contribution in [0.2, 0.25) is 0 Å². The van der Waals surface area contributed by atoms with Crippen molar-refractivity contribution in [1.29, 1.82) is 0 Å². The molecule has 6 nitrogen and oxygen atoms in total. The first kappa shape index (κ1) is 9.53. The number of aromatic nitrogens is 1. The minimum Gasteiger partial charge on any atom is -0.476 e. The molecule has 72 valence electrons. The van der Waals surface area contributed by atoms with Crippen molar-refractivity contribution < 1.29 is 19.4 Å². The average molecular weight is 186 g/mol. The highest BCUT2D eigenvalue weighted by molar-refractivity contribution is 5.85. The number of aliphatic hydroxyl groups is 1. The fourth-order valence-electron chi connectivity index (χ4n) is 0.783. The number of likely N-dealkylation sites (N-methyl/N-ethyl adjacent to an activating group) is 1. The topological polar surface area (TPSA) is 86.8 Å². The molecule has 13 heavy (non-hydrogen) atoms. The van der Waals surface area contributed by atoms with Gasteiger partial charge in [0.1, 0.15) is 6.26 Å². The van der Waals surface area contributed by atoms with Crippen LogP contribution in [0.25, 0.3) is 0 Å². The summed E-state index contributed by atoms with van der Waals surface area (Å²) in [7, 11) is 1.65. The third-order valence-electron chi connectivity index (χ3n) is 1.47. The van der Waals surface area contributed by atoms with Gasteiger partial charge in [-0.2, -0.15) is 4.98 Å². The zero-order valence-electron chi connectivity index (χ0n) is 7.10. The van der Waals surface area contributed by atoms with E-state index in [0.29, 0.717) is 6.54 Å². The first-order valence-electron chi connectivity index (χ1n) is 3.66. The summed E-state index contributed by atoms with van der Waals surface area (Å²) in [5, 5.41) is 17.1. The fourth-order valence-corrected chi connectivity index (χ4v) is 0.783. The second kappa shape index (κ2) is 3.90. The molecular formula is C7H10N2O4. The van der Waals surface area contributed by atoms with Crippen molar-refractivity contribution >= 4 is 12.0 Å². The van der Waals surface area contributed by atoms with Crippen molar-refractivity contribution in [3.8, 4) is 0 Å². The Bertz CT molecular complexity index is 296. The van der Waals surface area contributed by atoms with Crippen molar-refractivity contribution in [3.05, 3.63) is 12.0 Å². The highest BCUT2D eigenvalue weighted by Crippen LogP contribution is 2.10. The largest absolute Gasteiger partial charge is 0.476 e. The Morgan fingerprint density at radius 1 is 1.77 bits per heavy atom. The molecule has 0 amide bonds. The number of aromatic carboxylic acids is 1. The van der Waals surface area contributed by atoms with Gasteiger partial charge in [0.2, 0.25) is 0 Å². The summed E-state index contributed by atoms with van der Waals surface area (Å²) in [6.07, 6.45) is 1.06. The lowest BCUT2D eigenvalue weighted by Crippen LogP contribution is -2.21. The van der Waals surface area contributed by atoms with E-state index in [-0.39, 0.29) is 18.3 Å². The summed E-state index contributed by atoms with van der Waals surface area (Å²) in [4.78, 5) is 15.6. The molecule has 0 fully saturated rings. The van der Waals surface area contributed by atoms with Crippen LogP contribution in [0.3, 0.4) is 0 Å². The molecule has 1 aromatic rings. The van der Waals surface area contributed by atoms with E-state index in [1.165, 1.54) is 4.90 Å². The van der Waals surface area contributed by atoms with Gasteiger partial charge in [0.25, 0.3) is 6.01 Å². The monoisotopic (exact) mass is 186 g/mol. The number of anilines is 1. The SMILES string of the molecule is CN(CCO)c1nc(C(=O)O)co1. The van der Waals surface area contributed by atoms with Gasteiger partial charge in [-0.15, -0.1) is 0 Å². The number of hydrogen-bond acceptors (Lipinski definition) is 5. The van der Waals surface area contributed by atoms with Gasteiger partial charge in [-0.05, 0) is 0 Å². The summed E-state index contributed by atoms with van der Waals surface area (Å²) >= 11 is 0. The van der Waals surface area contributed by atoms with Crippen LogP contribution in [-0.4, -0.2) is 41.4 Å². The van der Waals surface area contributed by atoms with E-state index in [1.807, 2.05) is 0 Å². The smallest absolute Gasteiger partial charge is 0.357 e. The molecule has 0 radical (unpaired) electrons. The molecule has 0 aliphatic heterocycles. The van der Waals surface area contributed by atoms with Crippen molar-refractivity contribution in [2.75, 3.05) is 25.1 Å². The van der Waals surface area contributed by atoms with Gasteiger partial charge in [-0.25, -0.2) is 4.79 Å². The van der Waals surface area contributed by atoms with Crippen LogP contribution in [-0.2, 0) is 0 Å². The number of oxazole rings is 1. The highest BCUT2D eigenvalue weighted by atomic mass is 16.4. The average Bonchev–Trinajstić information content (AvgIpc) is 2.52. The molecule has 0 aliphatic rings. The third kappa shape index (κ3) is 2.19. The zero-order chi connectivity index (χ0) is 9.84. The van der Waals surface area contributed by atoms with Gasteiger partial charge in [0.15, 0.2) is 5.69 Å². The van der Waals surface area contributed by atoms with Gasteiger partial charge in [0, 0.05) is 13.6 Å². The molecule has 2 N–H and O–H groups in total. The molecule has 1 rings (SSSR count). The Hall–Kier alpha value is -1.56. The number of carboxylic acids is 1. The molecule has 0 saturated heterocycles. The maximum Gasteiger partial charge on any atom is 0.357 e. The van der Waals surface area contributed by atoms with Crippen molar-refractivity contribution in [2.45, 2.75) is 0 Å². The second-order valence-corrected chi connectivity index (χ2v) is 2.47. The highest BCUT2D eigenvalue weighted by Gasteiger charge is 2.12. The number of nitrogens with zero attached hydrogens (tertiary/aromatic N) is 2. The van der Waals surface area contributed by atoms with E-state index in [4.69, 9.17) is 14.6 Å². The minimum atomic E-state index is -1.13. The number of carboxylic acid groups (broad SMARTS) is 1. The Balaban J connectivity index is 2.73. The van der Waals surface area contributed by atoms with Crippen molar-refractivity contribution in [2.24, 2.45) is 0 Å². The van der Waals surface area contributed by atoms with Gasteiger partial charge in [-0.3, -0.25) is 0 Å². The molecule has 6 heteroatoms. The maximum absolute atomic E-state index is 10.4. The van der Waals surface area contributed by atoms with Crippen LogP contribution in [0.4, 0.5) is 6.01 Å². The Morgan fingerprint density at radius 3 is 2.92 bits per heavy atom. The quantitative estimate of drug-likeness (QED) is 0.677. The lowest BCUT2D eigenvalue weighted by atomic mass is 10.5.